The number of benzene rings is 1. The Bertz CT molecular complexity index is 684. The molecule has 0 aromatic heterocycles. The zero-order chi connectivity index (χ0) is 25.7. The fraction of sp³-hybridized carbons (Fsp3) is 0.704. The fourth-order valence-electron chi connectivity index (χ4n) is 3.87. The summed E-state index contributed by atoms with van der Waals surface area (Å²) in [5, 5.41) is 22.5. The number of unbranched alkanes of at least 4 members (excludes halogenated alkanes) is 2. The largest absolute Gasteiger partial charge is 0.508 e. The predicted molar refractivity (Wildman–Crippen MR) is 143 cm³/mol. The van der Waals surface area contributed by atoms with Gasteiger partial charge in [-0.05, 0) is 88.4 Å². The highest BCUT2D eigenvalue weighted by atomic mass is 16.3. The van der Waals surface area contributed by atoms with Gasteiger partial charge in [0.05, 0.1) is 0 Å². The molecule has 1 aromatic rings. The number of hydrogen-bond acceptors (Lipinski definition) is 6. The predicted octanol–water partition coefficient (Wildman–Crippen LogP) is 2.45. The number of phenolic OH excluding ortho intramolecular Hbond substituents is 1. The Balaban J connectivity index is 2.52. The van der Waals surface area contributed by atoms with Gasteiger partial charge in [-0.25, -0.2) is 0 Å². The molecular weight excluding hydrogens is 442 g/mol. The van der Waals surface area contributed by atoms with E-state index >= 15 is 0 Å². The maximum absolute atomic E-state index is 13.0. The van der Waals surface area contributed by atoms with Gasteiger partial charge in [0.15, 0.2) is 0 Å². The van der Waals surface area contributed by atoms with Crippen molar-refractivity contribution in [3.8, 4) is 5.75 Å². The van der Waals surface area contributed by atoms with Gasteiger partial charge >= 0.3 is 0 Å². The SMILES string of the molecule is CCCCC(CNCCCNCCCCN)CNC(=O)[C@H](Cc1ccc(O)cc1)NC(=O)CCC. The second-order valence-corrected chi connectivity index (χ2v) is 9.30. The average Bonchev–Trinajstić information content (AvgIpc) is 2.85. The van der Waals surface area contributed by atoms with Gasteiger partial charge in [-0.15, -0.1) is 0 Å². The van der Waals surface area contributed by atoms with E-state index in [0.29, 0.717) is 25.3 Å². The summed E-state index contributed by atoms with van der Waals surface area (Å²) < 4.78 is 0. The van der Waals surface area contributed by atoms with Crippen molar-refractivity contribution in [1.82, 2.24) is 21.3 Å². The monoisotopic (exact) mass is 491 g/mol. The van der Waals surface area contributed by atoms with Gasteiger partial charge in [-0.3, -0.25) is 9.59 Å². The van der Waals surface area contributed by atoms with Crippen molar-refractivity contribution < 1.29 is 14.7 Å². The van der Waals surface area contributed by atoms with E-state index in [1.54, 1.807) is 24.3 Å². The van der Waals surface area contributed by atoms with Crippen LogP contribution in [0.1, 0.15) is 70.8 Å². The van der Waals surface area contributed by atoms with E-state index in [1.165, 1.54) is 0 Å². The number of hydrogen-bond donors (Lipinski definition) is 6. The van der Waals surface area contributed by atoms with Crippen LogP contribution in [0.3, 0.4) is 0 Å². The lowest BCUT2D eigenvalue weighted by molar-refractivity contribution is -0.129. The minimum atomic E-state index is -0.635. The Morgan fingerprint density at radius 2 is 1.63 bits per heavy atom. The van der Waals surface area contributed by atoms with E-state index in [0.717, 1.165) is 83.2 Å². The zero-order valence-electron chi connectivity index (χ0n) is 21.9. The summed E-state index contributed by atoms with van der Waals surface area (Å²) >= 11 is 0. The number of aromatic hydroxyl groups is 1. The second-order valence-electron chi connectivity index (χ2n) is 9.30. The molecule has 2 amide bonds. The molecule has 7 N–H and O–H groups in total. The van der Waals surface area contributed by atoms with Gasteiger partial charge in [0.2, 0.25) is 11.8 Å². The number of phenols is 1. The molecule has 1 unspecified atom stereocenters. The molecule has 0 saturated heterocycles. The van der Waals surface area contributed by atoms with Crippen molar-refractivity contribution in [3.05, 3.63) is 29.8 Å². The van der Waals surface area contributed by atoms with Crippen molar-refractivity contribution in [2.75, 3.05) is 39.3 Å². The number of carbonyl (C=O) groups is 2. The maximum atomic E-state index is 13.0. The Labute approximate surface area is 212 Å². The minimum Gasteiger partial charge on any atom is -0.508 e. The summed E-state index contributed by atoms with van der Waals surface area (Å²) in [5.41, 5.74) is 6.40. The van der Waals surface area contributed by atoms with Gasteiger partial charge in [-0.2, -0.15) is 0 Å². The molecule has 1 rings (SSSR count). The van der Waals surface area contributed by atoms with Crippen LogP contribution in [-0.2, 0) is 16.0 Å². The average molecular weight is 492 g/mol. The molecule has 8 heteroatoms. The first-order valence-corrected chi connectivity index (χ1v) is 13.5. The van der Waals surface area contributed by atoms with Crippen LogP contribution in [0.25, 0.3) is 0 Å². The van der Waals surface area contributed by atoms with Crippen LogP contribution in [0.2, 0.25) is 0 Å². The number of carbonyl (C=O) groups excluding carboxylic acids is 2. The first kappa shape index (κ1) is 30.9. The molecule has 0 heterocycles. The van der Waals surface area contributed by atoms with Crippen LogP contribution >= 0.6 is 0 Å². The van der Waals surface area contributed by atoms with E-state index in [2.05, 4.69) is 28.2 Å². The number of amides is 2. The molecule has 0 radical (unpaired) electrons. The highest BCUT2D eigenvalue weighted by Gasteiger charge is 2.22. The van der Waals surface area contributed by atoms with Crippen LogP contribution in [-0.4, -0.2) is 62.2 Å². The second kappa shape index (κ2) is 20.1. The van der Waals surface area contributed by atoms with Crippen LogP contribution in [0.5, 0.6) is 5.75 Å². The fourth-order valence-corrected chi connectivity index (χ4v) is 3.87. The number of nitrogens with one attached hydrogen (secondary N) is 4. The van der Waals surface area contributed by atoms with E-state index in [9.17, 15) is 14.7 Å². The van der Waals surface area contributed by atoms with E-state index < -0.39 is 6.04 Å². The van der Waals surface area contributed by atoms with Crippen LogP contribution in [0.4, 0.5) is 0 Å². The van der Waals surface area contributed by atoms with E-state index in [-0.39, 0.29) is 17.6 Å². The minimum absolute atomic E-state index is 0.118. The number of rotatable bonds is 21. The third kappa shape index (κ3) is 15.4. The van der Waals surface area contributed by atoms with Gasteiger partial charge in [0.1, 0.15) is 11.8 Å². The third-order valence-electron chi connectivity index (χ3n) is 5.98. The molecule has 0 bridgehead atoms. The Kier molecular flexibility index (Phi) is 17.7. The standard InChI is InChI=1S/C27H49N5O3/c1-3-5-10-23(20-30-18-8-17-29-16-7-6-15-28)21-31-27(35)25(32-26(34)9-4-2)19-22-11-13-24(33)14-12-22/h11-14,23,25,29-30,33H,3-10,15-21,28H2,1-2H3,(H,31,35)(H,32,34)/t23?,25-/m0/s1. The Morgan fingerprint density at radius 3 is 2.31 bits per heavy atom. The van der Waals surface area contributed by atoms with Crippen LogP contribution in [0.15, 0.2) is 24.3 Å². The van der Waals surface area contributed by atoms with Crippen molar-refractivity contribution in [3.63, 3.8) is 0 Å². The van der Waals surface area contributed by atoms with Crippen molar-refractivity contribution in [2.24, 2.45) is 11.7 Å². The zero-order valence-corrected chi connectivity index (χ0v) is 21.9. The van der Waals surface area contributed by atoms with E-state index in [4.69, 9.17) is 5.73 Å². The van der Waals surface area contributed by atoms with E-state index in [1.807, 2.05) is 6.92 Å². The first-order chi connectivity index (χ1) is 17.0. The molecule has 0 saturated carbocycles. The number of nitrogens with two attached hydrogens (primary N) is 1. The van der Waals surface area contributed by atoms with Gasteiger partial charge in [0.25, 0.3) is 0 Å². The molecule has 2 atom stereocenters. The summed E-state index contributed by atoms with van der Waals surface area (Å²) in [6.07, 6.45) is 8.04. The quantitative estimate of drug-likeness (QED) is 0.147. The normalized spacial score (nSPS) is 12.8. The van der Waals surface area contributed by atoms with Gasteiger partial charge in [0, 0.05) is 19.4 Å². The molecule has 0 aliphatic heterocycles. The molecule has 8 nitrogen and oxygen atoms in total. The summed E-state index contributed by atoms with van der Waals surface area (Å²) in [7, 11) is 0. The lowest BCUT2D eigenvalue weighted by atomic mass is 10.0. The van der Waals surface area contributed by atoms with Crippen molar-refractivity contribution in [2.45, 2.75) is 77.7 Å². The molecule has 35 heavy (non-hydrogen) atoms. The third-order valence-corrected chi connectivity index (χ3v) is 5.98. The maximum Gasteiger partial charge on any atom is 0.242 e. The Morgan fingerprint density at radius 1 is 0.914 bits per heavy atom. The highest BCUT2D eigenvalue weighted by molar-refractivity contribution is 5.87. The van der Waals surface area contributed by atoms with Crippen molar-refractivity contribution >= 4 is 11.8 Å². The molecule has 0 fully saturated rings. The topological polar surface area (TPSA) is 129 Å². The smallest absolute Gasteiger partial charge is 0.242 e. The first-order valence-electron chi connectivity index (χ1n) is 13.5. The molecular formula is C27H49N5O3. The van der Waals surface area contributed by atoms with Crippen molar-refractivity contribution in [1.29, 1.82) is 0 Å². The molecule has 0 aliphatic carbocycles. The summed E-state index contributed by atoms with van der Waals surface area (Å²) in [4.78, 5) is 25.3. The molecule has 0 aliphatic rings. The highest BCUT2D eigenvalue weighted by Crippen LogP contribution is 2.12. The molecule has 0 spiro atoms. The molecule has 200 valence electrons. The molecule has 1 aromatic carbocycles. The van der Waals surface area contributed by atoms with Gasteiger partial charge < -0.3 is 32.1 Å². The van der Waals surface area contributed by atoms with Gasteiger partial charge in [-0.1, -0.05) is 38.8 Å². The lowest BCUT2D eigenvalue weighted by Gasteiger charge is -2.22. The van der Waals surface area contributed by atoms with Crippen LogP contribution in [0, 0.1) is 5.92 Å². The summed E-state index contributed by atoms with van der Waals surface area (Å²) in [6, 6.07) is 6.12. The summed E-state index contributed by atoms with van der Waals surface area (Å²) in [5.74, 6) is 0.244. The van der Waals surface area contributed by atoms with Crippen LogP contribution < -0.4 is 27.0 Å². The lowest BCUT2D eigenvalue weighted by Crippen LogP contribution is -2.49. The Hall–Kier alpha value is -2.16. The summed E-state index contributed by atoms with van der Waals surface area (Å²) in [6.45, 7) is 9.26.